The predicted molar refractivity (Wildman–Crippen MR) is 82.2 cm³/mol. The second-order valence-electron chi connectivity index (χ2n) is 4.61. The quantitative estimate of drug-likeness (QED) is 0.751. The molecular formula is C16H16N4O. The summed E-state index contributed by atoms with van der Waals surface area (Å²) in [5.74, 6) is 0.543. The van der Waals surface area contributed by atoms with E-state index in [0.29, 0.717) is 24.9 Å². The SMILES string of the molecule is NCCc1nnc(Nc2ccc(-c3ccccc3)cc2)o1. The number of hydrogen-bond donors (Lipinski definition) is 2. The molecule has 1 aromatic heterocycles. The van der Waals surface area contributed by atoms with Gasteiger partial charge in [0.25, 0.3) is 0 Å². The Labute approximate surface area is 122 Å². The van der Waals surface area contributed by atoms with E-state index in [9.17, 15) is 0 Å². The molecule has 0 saturated heterocycles. The van der Waals surface area contributed by atoms with Crippen molar-refractivity contribution in [1.29, 1.82) is 0 Å². The zero-order valence-electron chi connectivity index (χ0n) is 11.5. The summed E-state index contributed by atoms with van der Waals surface area (Å²) in [6.45, 7) is 0.493. The van der Waals surface area contributed by atoms with E-state index >= 15 is 0 Å². The summed E-state index contributed by atoms with van der Waals surface area (Å²) in [6, 6.07) is 18.7. The van der Waals surface area contributed by atoms with Crippen molar-refractivity contribution in [2.45, 2.75) is 6.42 Å². The molecule has 0 aliphatic rings. The minimum Gasteiger partial charge on any atom is -0.408 e. The van der Waals surface area contributed by atoms with Crippen LogP contribution in [0.3, 0.4) is 0 Å². The maximum atomic E-state index is 5.45. The number of nitrogens with two attached hydrogens (primary N) is 1. The van der Waals surface area contributed by atoms with Gasteiger partial charge in [0.15, 0.2) is 0 Å². The van der Waals surface area contributed by atoms with E-state index in [1.165, 1.54) is 5.56 Å². The Hall–Kier alpha value is -2.66. The molecule has 0 spiro atoms. The first kappa shape index (κ1) is 13.3. The van der Waals surface area contributed by atoms with Crippen LogP contribution < -0.4 is 11.1 Å². The second kappa shape index (κ2) is 6.19. The molecule has 0 amide bonds. The van der Waals surface area contributed by atoms with E-state index in [1.54, 1.807) is 0 Å². The highest BCUT2D eigenvalue weighted by molar-refractivity contribution is 5.66. The van der Waals surface area contributed by atoms with E-state index in [4.69, 9.17) is 10.2 Å². The highest BCUT2D eigenvalue weighted by Crippen LogP contribution is 2.22. The summed E-state index contributed by atoms with van der Waals surface area (Å²) in [5, 5.41) is 10.9. The van der Waals surface area contributed by atoms with Crippen LogP contribution in [0, 0.1) is 0 Å². The van der Waals surface area contributed by atoms with Crippen LogP contribution in [-0.2, 0) is 6.42 Å². The first-order valence-corrected chi connectivity index (χ1v) is 6.80. The summed E-state index contributed by atoms with van der Waals surface area (Å²) in [6.07, 6.45) is 0.585. The van der Waals surface area contributed by atoms with Gasteiger partial charge in [0, 0.05) is 18.7 Å². The lowest BCUT2D eigenvalue weighted by Crippen LogP contribution is -2.02. The minimum absolute atomic E-state index is 0.380. The molecule has 0 aliphatic heterocycles. The Bertz CT molecular complexity index is 692. The fourth-order valence-electron chi connectivity index (χ4n) is 2.03. The predicted octanol–water partition coefficient (Wildman–Crippen LogP) is 2.98. The molecule has 0 aliphatic carbocycles. The molecule has 21 heavy (non-hydrogen) atoms. The van der Waals surface area contributed by atoms with Gasteiger partial charge in [-0.2, -0.15) is 0 Å². The number of benzene rings is 2. The van der Waals surface area contributed by atoms with Crippen molar-refractivity contribution in [3.05, 3.63) is 60.5 Å². The van der Waals surface area contributed by atoms with Gasteiger partial charge in [0.1, 0.15) is 0 Å². The molecule has 0 unspecified atom stereocenters. The first-order valence-electron chi connectivity index (χ1n) is 6.80. The first-order chi connectivity index (χ1) is 10.3. The summed E-state index contributed by atoms with van der Waals surface area (Å²) in [4.78, 5) is 0. The third-order valence-corrected chi connectivity index (χ3v) is 3.07. The van der Waals surface area contributed by atoms with E-state index in [2.05, 4.69) is 39.8 Å². The number of anilines is 2. The van der Waals surface area contributed by atoms with Crippen LogP contribution >= 0.6 is 0 Å². The molecule has 1 heterocycles. The van der Waals surface area contributed by atoms with Crippen LogP contribution in [-0.4, -0.2) is 16.7 Å². The maximum Gasteiger partial charge on any atom is 0.320 e. The second-order valence-corrected chi connectivity index (χ2v) is 4.61. The van der Waals surface area contributed by atoms with Gasteiger partial charge in [0.05, 0.1) is 0 Å². The summed E-state index contributed by atoms with van der Waals surface area (Å²) in [5.41, 5.74) is 8.70. The number of rotatable bonds is 5. The number of nitrogens with zero attached hydrogens (tertiary/aromatic N) is 2. The van der Waals surface area contributed by atoms with Gasteiger partial charge >= 0.3 is 6.01 Å². The zero-order chi connectivity index (χ0) is 14.5. The van der Waals surface area contributed by atoms with Crippen LogP contribution in [0.15, 0.2) is 59.0 Å². The summed E-state index contributed by atoms with van der Waals surface area (Å²) in [7, 11) is 0. The van der Waals surface area contributed by atoms with Crippen LogP contribution in [0.1, 0.15) is 5.89 Å². The molecule has 5 heteroatoms. The molecule has 0 bridgehead atoms. The largest absolute Gasteiger partial charge is 0.408 e. The zero-order valence-corrected chi connectivity index (χ0v) is 11.5. The van der Waals surface area contributed by atoms with Gasteiger partial charge in [-0.05, 0) is 23.3 Å². The fourth-order valence-corrected chi connectivity index (χ4v) is 2.03. The lowest BCUT2D eigenvalue weighted by molar-refractivity contribution is 0.510. The van der Waals surface area contributed by atoms with Crippen LogP contribution in [0.25, 0.3) is 11.1 Å². The van der Waals surface area contributed by atoms with Crippen molar-refractivity contribution < 1.29 is 4.42 Å². The molecule has 0 atom stereocenters. The molecule has 3 N–H and O–H groups in total. The van der Waals surface area contributed by atoms with Gasteiger partial charge in [-0.15, -0.1) is 5.10 Å². The van der Waals surface area contributed by atoms with Crippen LogP contribution in [0.5, 0.6) is 0 Å². The molecule has 106 valence electrons. The molecular weight excluding hydrogens is 264 g/mol. The Kier molecular flexibility index (Phi) is 3.93. The molecule has 2 aromatic carbocycles. The number of aromatic nitrogens is 2. The molecule has 0 fully saturated rings. The van der Waals surface area contributed by atoms with Crippen LogP contribution in [0.2, 0.25) is 0 Å². The smallest absolute Gasteiger partial charge is 0.320 e. The Morgan fingerprint density at radius 3 is 2.33 bits per heavy atom. The monoisotopic (exact) mass is 280 g/mol. The van der Waals surface area contributed by atoms with Crippen molar-refractivity contribution >= 4 is 11.7 Å². The Balaban J connectivity index is 1.72. The maximum absolute atomic E-state index is 5.45. The van der Waals surface area contributed by atoms with Crippen molar-refractivity contribution in [1.82, 2.24) is 10.2 Å². The molecule has 0 radical (unpaired) electrons. The van der Waals surface area contributed by atoms with E-state index in [0.717, 1.165) is 11.3 Å². The van der Waals surface area contributed by atoms with Gasteiger partial charge in [-0.25, -0.2) is 0 Å². The number of hydrogen-bond acceptors (Lipinski definition) is 5. The van der Waals surface area contributed by atoms with Crippen molar-refractivity contribution in [3.8, 4) is 11.1 Å². The highest BCUT2D eigenvalue weighted by Gasteiger charge is 2.05. The van der Waals surface area contributed by atoms with E-state index in [1.807, 2.05) is 30.3 Å². The van der Waals surface area contributed by atoms with Crippen molar-refractivity contribution in [3.63, 3.8) is 0 Å². The third-order valence-electron chi connectivity index (χ3n) is 3.07. The Morgan fingerprint density at radius 2 is 1.62 bits per heavy atom. The average molecular weight is 280 g/mol. The summed E-state index contributed by atoms with van der Waals surface area (Å²) >= 11 is 0. The van der Waals surface area contributed by atoms with E-state index < -0.39 is 0 Å². The van der Waals surface area contributed by atoms with Crippen LogP contribution in [0.4, 0.5) is 11.7 Å². The van der Waals surface area contributed by atoms with E-state index in [-0.39, 0.29) is 0 Å². The van der Waals surface area contributed by atoms with Gasteiger partial charge in [0.2, 0.25) is 5.89 Å². The molecule has 3 aromatic rings. The molecule has 5 nitrogen and oxygen atoms in total. The van der Waals surface area contributed by atoms with Crippen molar-refractivity contribution in [2.75, 3.05) is 11.9 Å². The molecule has 0 saturated carbocycles. The van der Waals surface area contributed by atoms with Gasteiger partial charge in [-0.3, -0.25) is 0 Å². The highest BCUT2D eigenvalue weighted by atomic mass is 16.4. The normalized spacial score (nSPS) is 10.5. The fraction of sp³-hybridized carbons (Fsp3) is 0.125. The third kappa shape index (κ3) is 3.27. The summed E-state index contributed by atoms with van der Waals surface area (Å²) < 4.78 is 5.43. The standard InChI is InChI=1S/C16H16N4O/c17-11-10-15-19-20-16(21-15)18-14-8-6-13(7-9-14)12-4-2-1-3-5-12/h1-9H,10-11,17H2,(H,18,20). The number of nitrogens with one attached hydrogen (secondary N) is 1. The lowest BCUT2D eigenvalue weighted by Gasteiger charge is -2.04. The average Bonchev–Trinajstić information content (AvgIpc) is 2.97. The topological polar surface area (TPSA) is 77.0 Å². The molecule has 3 rings (SSSR count). The lowest BCUT2D eigenvalue weighted by atomic mass is 10.1. The minimum atomic E-state index is 0.380. The van der Waals surface area contributed by atoms with Gasteiger partial charge in [-0.1, -0.05) is 47.6 Å². The Morgan fingerprint density at radius 1 is 0.905 bits per heavy atom. The van der Waals surface area contributed by atoms with Gasteiger partial charge < -0.3 is 15.5 Å². The van der Waals surface area contributed by atoms with Crippen molar-refractivity contribution in [2.24, 2.45) is 5.73 Å².